The monoisotopic (exact) mass is 347 g/mol. The zero-order valence-corrected chi connectivity index (χ0v) is 12.5. The van der Waals surface area contributed by atoms with Crippen molar-refractivity contribution in [1.29, 1.82) is 0 Å². The quantitative estimate of drug-likeness (QED) is 0.756. The molecule has 2 rings (SSSR count). The molecule has 6 heteroatoms. The van der Waals surface area contributed by atoms with Crippen molar-refractivity contribution in [2.75, 3.05) is 5.32 Å². The van der Waals surface area contributed by atoms with Crippen molar-refractivity contribution in [3.05, 3.63) is 44.0 Å². The molecule has 0 atom stereocenters. The molecule has 0 bridgehead atoms. The highest BCUT2D eigenvalue weighted by molar-refractivity contribution is 9.10. The lowest BCUT2D eigenvalue weighted by Gasteiger charge is -2.06. The molecule has 0 radical (unpaired) electrons. The molecule has 17 heavy (non-hydrogen) atoms. The molecule has 0 spiro atoms. The first-order valence-electron chi connectivity index (χ1n) is 4.61. The summed E-state index contributed by atoms with van der Waals surface area (Å²) in [7, 11) is 0. The van der Waals surface area contributed by atoms with Gasteiger partial charge in [-0.1, -0.05) is 17.7 Å². The van der Waals surface area contributed by atoms with Gasteiger partial charge in [0.25, 0.3) is 5.91 Å². The Morgan fingerprint density at radius 2 is 2.24 bits per heavy atom. The van der Waals surface area contributed by atoms with Crippen LogP contribution in [0.4, 0.5) is 5.69 Å². The molecule has 0 aliphatic carbocycles. The van der Waals surface area contributed by atoms with Gasteiger partial charge in [0.1, 0.15) is 0 Å². The smallest absolute Gasteiger partial charge is 0.265 e. The molecule has 1 amide bonds. The summed E-state index contributed by atoms with van der Waals surface area (Å²) in [6.45, 7) is 0. The van der Waals surface area contributed by atoms with Gasteiger partial charge in [-0.15, -0.1) is 24.0 Å². The summed E-state index contributed by atoms with van der Waals surface area (Å²) in [6, 6.07) is 7.03. The Bertz CT molecular complexity index is 570. The first-order valence-corrected chi connectivity index (χ1v) is 7.10. The van der Waals surface area contributed by atoms with Crippen LogP contribution in [0.25, 0.3) is 0 Å². The Morgan fingerprint density at radius 3 is 2.88 bits per heavy atom. The molecular formula is C11H7BrClNOS2. The number of thiophene rings is 1. The van der Waals surface area contributed by atoms with Crippen molar-refractivity contribution < 1.29 is 4.79 Å². The molecule has 88 valence electrons. The van der Waals surface area contributed by atoms with Crippen molar-refractivity contribution in [3.8, 4) is 0 Å². The Kier molecular flexibility index (Phi) is 4.14. The number of carbonyl (C=O) groups is 1. The Balaban J connectivity index is 2.21. The highest BCUT2D eigenvalue weighted by Gasteiger charge is 2.11. The van der Waals surface area contributed by atoms with E-state index in [0.717, 1.165) is 4.90 Å². The van der Waals surface area contributed by atoms with E-state index < -0.39 is 0 Å². The number of benzene rings is 1. The second kappa shape index (κ2) is 5.44. The largest absolute Gasteiger partial charge is 0.320 e. The van der Waals surface area contributed by atoms with Gasteiger partial charge in [0.05, 0.1) is 20.1 Å². The van der Waals surface area contributed by atoms with Crippen LogP contribution in [0.2, 0.25) is 5.02 Å². The van der Waals surface area contributed by atoms with Crippen molar-refractivity contribution in [3.63, 3.8) is 0 Å². The first-order chi connectivity index (χ1) is 8.08. The van der Waals surface area contributed by atoms with E-state index in [1.807, 2.05) is 5.38 Å². The topological polar surface area (TPSA) is 29.1 Å². The average molecular weight is 349 g/mol. The standard InChI is InChI=1S/C11H7BrClNOS2/c12-10-7(13)2-1-3-8(10)14-11(15)9-4-6(16)5-17-9/h1-5,16H,(H,14,15). The zero-order valence-electron chi connectivity index (χ0n) is 8.41. The maximum absolute atomic E-state index is 11.9. The van der Waals surface area contributed by atoms with Crippen LogP contribution in [0.5, 0.6) is 0 Å². The lowest BCUT2D eigenvalue weighted by molar-refractivity contribution is 0.103. The van der Waals surface area contributed by atoms with E-state index >= 15 is 0 Å². The number of hydrogen-bond donors (Lipinski definition) is 2. The lowest BCUT2D eigenvalue weighted by atomic mass is 10.3. The van der Waals surface area contributed by atoms with Gasteiger partial charge in [0, 0.05) is 10.3 Å². The van der Waals surface area contributed by atoms with Gasteiger partial charge in [0.15, 0.2) is 0 Å². The van der Waals surface area contributed by atoms with E-state index in [0.29, 0.717) is 20.1 Å². The van der Waals surface area contributed by atoms with E-state index in [1.54, 1.807) is 24.3 Å². The Hall–Kier alpha value is -0.490. The zero-order chi connectivity index (χ0) is 12.4. The molecule has 0 saturated carbocycles. The molecule has 0 unspecified atom stereocenters. The molecule has 2 aromatic rings. The fourth-order valence-electron chi connectivity index (χ4n) is 1.23. The maximum Gasteiger partial charge on any atom is 0.265 e. The summed E-state index contributed by atoms with van der Waals surface area (Å²) < 4.78 is 0.678. The molecule has 0 fully saturated rings. The molecule has 0 aliphatic rings. The molecule has 1 heterocycles. The average Bonchev–Trinajstić information content (AvgIpc) is 2.72. The summed E-state index contributed by atoms with van der Waals surface area (Å²) in [5, 5.41) is 5.16. The number of anilines is 1. The molecule has 2 nitrogen and oxygen atoms in total. The predicted octanol–water partition coefficient (Wildman–Crippen LogP) is 4.71. The summed E-state index contributed by atoms with van der Waals surface area (Å²) >= 11 is 14.8. The summed E-state index contributed by atoms with van der Waals surface area (Å²) in [4.78, 5) is 13.3. The van der Waals surface area contributed by atoms with Crippen LogP contribution in [-0.4, -0.2) is 5.91 Å². The van der Waals surface area contributed by atoms with Crippen LogP contribution >= 0.6 is 51.5 Å². The molecule has 0 aliphatic heterocycles. The molecular weight excluding hydrogens is 342 g/mol. The van der Waals surface area contributed by atoms with Crippen LogP contribution < -0.4 is 5.32 Å². The van der Waals surface area contributed by atoms with Crippen molar-refractivity contribution in [1.82, 2.24) is 0 Å². The van der Waals surface area contributed by atoms with Crippen LogP contribution in [0.3, 0.4) is 0 Å². The summed E-state index contributed by atoms with van der Waals surface area (Å²) in [6.07, 6.45) is 0. The highest BCUT2D eigenvalue weighted by atomic mass is 79.9. The minimum absolute atomic E-state index is 0.168. The van der Waals surface area contributed by atoms with Crippen LogP contribution in [-0.2, 0) is 0 Å². The minimum Gasteiger partial charge on any atom is -0.320 e. The number of amides is 1. The van der Waals surface area contributed by atoms with Gasteiger partial charge < -0.3 is 5.32 Å². The van der Waals surface area contributed by atoms with Crippen LogP contribution in [0.1, 0.15) is 9.67 Å². The molecule has 1 N–H and O–H groups in total. The van der Waals surface area contributed by atoms with Gasteiger partial charge in [-0.2, -0.15) is 0 Å². The van der Waals surface area contributed by atoms with Crippen LogP contribution in [0, 0.1) is 0 Å². The van der Waals surface area contributed by atoms with E-state index in [9.17, 15) is 4.79 Å². The Morgan fingerprint density at radius 1 is 1.47 bits per heavy atom. The summed E-state index contributed by atoms with van der Waals surface area (Å²) in [5.41, 5.74) is 0.650. The predicted molar refractivity (Wildman–Crippen MR) is 78.7 cm³/mol. The molecule has 1 aromatic heterocycles. The SMILES string of the molecule is O=C(Nc1cccc(Cl)c1Br)c1cc(S)cs1. The van der Waals surface area contributed by atoms with Gasteiger partial charge in [-0.25, -0.2) is 0 Å². The number of hydrogen-bond acceptors (Lipinski definition) is 3. The van der Waals surface area contributed by atoms with Gasteiger partial charge in [-0.05, 0) is 34.1 Å². The number of rotatable bonds is 2. The first kappa shape index (κ1) is 13.0. The van der Waals surface area contributed by atoms with E-state index in [1.165, 1.54) is 11.3 Å². The third-order valence-electron chi connectivity index (χ3n) is 2.01. The van der Waals surface area contributed by atoms with Crippen molar-refractivity contribution >= 4 is 63.1 Å². The third-order valence-corrected chi connectivity index (χ3v) is 4.77. The molecule has 0 saturated heterocycles. The third kappa shape index (κ3) is 3.04. The number of carbonyl (C=O) groups excluding carboxylic acids is 1. The maximum atomic E-state index is 11.9. The van der Waals surface area contributed by atoms with Crippen molar-refractivity contribution in [2.24, 2.45) is 0 Å². The normalized spacial score (nSPS) is 10.3. The van der Waals surface area contributed by atoms with E-state index in [-0.39, 0.29) is 5.91 Å². The van der Waals surface area contributed by atoms with Crippen LogP contribution in [0.15, 0.2) is 39.0 Å². The van der Waals surface area contributed by atoms with Crippen molar-refractivity contribution in [2.45, 2.75) is 4.90 Å². The number of nitrogens with one attached hydrogen (secondary N) is 1. The second-order valence-electron chi connectivity index (χ2n) is 3.22. The fourth-order valence-corrected chi connectivity index (χ4v) is 2.81. The number of halogens is 2. The van der Waals surface area contributed by atoms with E-state index in [4.69, 9.17) is 11.6 Å². The fraction of sp³-hybridized carbons (Fsp3) is 0. The summed E-state index contributed by atoms with van der Waals surface area (Å²) in [5.74, 6) is -0.168. The lowest BCUT2D eigenvalue weighted by Crippen LogP contribution is -2.10. The van der Waals surface area contributed by atoms with E-state index in [2.05, 4.69) is 33.9 Å². The highest BCUT2D eigenvalue weighted by Crippen LogP contribution is 2.30. The minimum atomic E-state index is -0.168. The number of thiol groups is 1. The second-order valence-corrected chi connectivity index (χ2v) is 5.85. The molecule has 1 aromatic carbocycles. The van der Waals surface area contributed by atoms with Gasteiger partial charge in [0.2, 0.25) is 0 Å². The van der Waals surface area contributed by atoms with Gasteiger partial charge >= 0.3 is 0 Å². The van der Waals surface area contributed by atoms with Gasteiger partial charge in [-0.3, -0.25) is 4.79 Å². The Labute approximate surface area is 122 Å².